The molecule has 20 heavy (non-hydrogen) atoms. The quantitative estimate of drug-likeness (QED) is 0.875. The molecule has 0 saturated carbocycles. The van der Waals surface area contributed by atoms with Crippen molar-refractivity contribution in [2.24, 2.45) is 0 Å². The molecule has 1 aromatic carbocycles. The second-order valence-corrected chi connectivity index (χ2v) is 4.86. The number of nitrogens with two attached hydrogens (primary N) is 1. The summed E-state index contributed by atoms with van der Waals surface area (Å²) in [6.45, 7) is 0.798. The van der Waals surface area contributed by atoms with E-state index in [0.29, 0.717) is 5.69 Å². The van der Waals surface area contributed by atoms with E-state index < -0.39 is 0 Å². The molecule has 5 nitrogen and oxygen atoms in total. The van der Waals surface area contributed by atoms with Gasteiger partial charge < -0.3 is 20.5 Å². The van der Waals surface area contributed by atoms with Crippen LogP contribution in [0.5, 0.6) is 5.75 Å². The number of phenols is 1. The molecule has 2 heterocycles. The number of phenolic OH excluding ortho intramolecular Hbond substituents is 1. The van der Waals surface area contributed by atoms with Crippen molar-refractivity contribution in [1.29, 1.82) is 0 Å². The summed E-state index contributed by atoms with van der Waals surface area (Å²) >= 11 is 0. The first kappa shape index (κ1) is 12.7. The Hall–Kier alpha value is -2.27. The minimum atomic E-state index is -0.264. The van der Waals surface area contributed by atoms with Crippen LogP contribution < -0.4 is 10.6 Å². The van der Waals surface area contributed by atoms with E-state index in [4.69, 9.17) is 10.5 Å². The van der Waals surface area contributed by atoms with Crippen LogP contribution in [-0.2, 0) is 11.2 Å². The predicted octanol–water partition coefficient (Wildman–Crippen LogP) is 2.08. The molecule has 1 aliphatic rings. The summed E-state index contributed by atoms with van der Waals surface area (Å²) < 4.78 is 5.61. The van der Waals surface area contributed by atoms with Gasteiger partial charge >= 0.3 is 0 Å². The molecular formula is C15H17N3O2. The van der Waals surface area contributed by atoms with Crippen LogP contribution in [0.4, 0.5) is 11.5 Å². The smallest absolute Gasteiger partial charge is 0.157 e. The summed E-state index contributed by atoms with van der Waals surface area (Å²) in [6, 6.07) is 9.00. The van der Waals surface area contributed by atoms with Crippen molar-refractivity contribution in [3.05, 3.63) is 47.7 Å². The molecule has 1 unspecified atom stereocenters. The third kappa shape index (κ3) is 2.16. The summed E-state index contributed by atoms with van der Waals surface area (Å²) in [7, 11) is 1.66. The number of rotatable bonds is 2. The van der Waals surface area contributed by atoms with Gasteiger partial charge in [-0.25, -0.2) is 4.98 Å². The van der Waals surface area contributed by atoms with Crippen molar-refractivity contribution >= 4 is 11.5 Å². The molecule has 3 rings (SSSR count). The summed E-state index contributed by atoms with van der Waals surface area (Å²) in [6.07, 6.45) is 2.31. The van der Waals surface area contributed by atoms with Crippen LogP contribution in [0.1, 0.15) is 17.4 Å². The van der Waals surface area contributed by atoms with Crippen molar-refractivity contribution in [3.63, 3.8) is 0 Å². The van der Waals surface area contributed by atoms with Crippen LogP contribution in [0, 0.1) is 0 Å². The molecule has 1 aromatic heterocycles. The van der Waals surface area contributed by atoms with Gasteiger partial charge in [0.25, 0.3) is 0 Å². The Balaban J connectivity index is 2.02. The number of ether oxygens (including phenoxy) is 1. The van der Waals surface area contributed by atoms with E-state index in [1.54, 1.807) is 31.5 Å². The third-order valence-electron chi connectivity index (χ3n) is 3.59. The molecule has 1 aliphatic heterocycles. The zero-order chi connectivity index (χ0) is 14.1. The van der Waals surface area contributed by atoms with E-state index in [1.807, 2.05) is 12.1 Å². The number of methoxy groups -OCH3 is 1. The SMILES string of the molecule is COC1c2cc(O)ccc2CCN1c1cc(N)ccn1. The molecule has 0 saturated heterocycles. The number of hydrogen-bond acceptors (Lipinski definition) is 5. The number of nitrogens with zero attached hydrogens (tertiary/aromatic N) is 2. The van der Waals surface area contributed by atoms with Crippen molar-refractivity contribution in [3.8, 4) is 5.75 Å². The fraction of sp³-hybridized carbons (Fsp3) is 0.267. The van der Waals surface area contributed by atoms with E-state index >= 15 is 0 Å². The molecule has 0 radical (unpaired) electrons. The van der Waals surface area contributed by atoms with Crippen molar-refractivity contribution in [2.45, 2.75) is 12.6 Å². The molecule has 1 atom stereocenters. The Morgan fingerprint density at radius 3 is 2.95 bits per heavy atom. The van der Waals surface area contributed by atoms with Gasteiger partial charge in [-0.2, -0.15) is 0 Å². The van der Waals surface area contributed by atoms with E-state index in [2.05, 4.69) is 9.88 Å². The lowest BCUT2D eigenvalue weighted by atomic mass is 9.97. The first-order chi connectivity index (χ1) is 9.69. The number of hydrogen-bond donors (Lipinski definition) is 2. The first-order valence-electron chi connectivity index (χ1n) is 6.52. The van der Waals surface area contributed by atoms with Gasteiger partial charge in [-0.1, -0.05) is 6.07 Å². The Labute approximate surface area is 117 Å². The van der Waals surface area contributed by atoms with Crippen LogP contribution >= 0.6 is 0 Å². The number of aromatic nitrogens is 1. The molecule has 5 heteroatoms. The topological polar surface area (TPSA) is 71.6 Å². The summed E-state index contributed by atoms with van der Waals surface area (Å²) in [4.78, 5) is 6.41. The highest BCUT2D eigenvalue weighted by molar-refractivity contribution is 5.53. The maximum absolute atomic E-state index is 9.69. The first-order valence-corrected chi connectivity index (χ1v) is 6.52. The highest BCUT2D eigenvalue weighted by Crippen LogP contribution is 2.35. The van der Waals surface area contributed by atoms with E-state index in [1.165, 1.54) is 5.56 Å². The second-order valence-electron chi connectivity index (χ2n) is 4.86. The van der Waals surface area contributed by atoms with Gasteiger partial charge in [0.2, 0.25) is 0 Å². The van der Waals surface area contributed by atoms with Gasteiger partial charge in [-0.15, -0.1) is 0 Å². The zero-order valence-corrected chi connectivity index (χ0v) is 11.3. The molecule has 104 valence electrons. The average Bonchev–Trinajstić information content (AvgIpc) is 2.45. The number of pyridine rings is 1. The van der Waals surface area contributed by atoms with Gasteiger partial charge in [-0.3, -0.25) is 0 Å². The van der Waals surface area contributed by atoms with E-state index in [9.17, 15) is 5.11 Å². The largest absolute Gasteiger partial charge is 0.508 e. The molecule has 0 aliphatic carbocycles. The monoisotopic (exact) mass is 271 g/mol. The average molecular weight is 271 g/mol. The van der Waals surface area contributed by atoms with E-state index in [0.717, 1.165) is 24.3 Å². The lowest BCUT2D eigenvalue weighted by Gasteiger charge is -2.37. The minimum absolute atomic E-state index is 0.244. The second kappa shape index (κ2) is 5.02. The van der Waals surface area contributed by atoms with Crippen LogP contribution in [0.3, 0.4) is 0 Å². The summed E-state index contributed by atoms with van der Waals surface area (Å²) in [5.74, 6) is 1.03. The number of aromatic hydroxyl groups is 1. The van der Waals surface area contributed by atoms with Crippen molar-refractivity contribution in [2.75, 3.05) is 24.3 Å². The van der Waals surface area contributed by atoms with Crippen molar-refractivity contribution in [1.82, 2.24) is 4.98 Å². The Bertz CT molecular complexity index is 630. The van der Waals surface area contributed by atoms with Gasteiger partial charge in [0.1, 0.15) is 11.6 Å². The summed E-state index contributed by atoms with van der Waals surface area (Å²) in [5.41, 5.74) is 8.66. The van der Waals surface area contributed by atoms with Crippen LogP contribution in [0.2, 0.25) is 0 Å². The van der Waals surface area contributed by atoms with Gasteiger partial charge in [0, 0.05) is 37.2 Å². The molecule has 2 aromatic rings. The molecule has 0 fully saturated rings. The van der Waals surface area contributed by atoms with Crippen LogP contribution in [0.15, 0.2) is 36.5 Å². The Morgan fingerprint density at radius 1 is 1.35 bits per heavy atom. The van der Waals surface area contributed by atoms with Crippen LogP contribution in [-0.4, -0.2) is 23.7 Å². The number of nitrogen functional groups attached to an aromatic ring is 1. The van der Waals surface area contributed by atoms with Gasteiger partial charge in [0.15, 0.2) is 6.23 Å². The molecule has 3 N–H and O–H groups in total. The summed E-state index contributed by atoms with van der Waals surface area (Å²) in [5, 5.41) is 9.69. The standard InChI is InChI=1S/C15H17N3O2/c1-20-15-13-9-12(19)3-2-10(13)5-7-18(15)14-8-11(16)4-6-17-14/h2-4,6,8-9,15,19H,5,7H2,1H3,(H2,16,17). The molecule has 0 spiro atoms. The number of fused-ring (bicyclic) bond motifs is 1. The Kier molecular flexibility index (Phi) is 3.20. The molecule has 0 bridgehead atoms. The highest BCUT2D eigenvalue weighted by Gasteiger charge is 2.28. The lowest BCUT2D eigenvalue weighted by Crippen LogP contribution is -2.37. The normalized spacial score (nSPS) is 17.9. The molecular weight excluding hydrogens is 254 g/mol. The number of benzene rings is 1. The van der Waals surface area contributed by atoms with E-state index in [-0.39, 0.29) is 12.0 Å². The maximum atomic E-state index is 9.69. The fourth-order valence-corrected chi connectivity index (χ4v) is 2.65. The highest BCUT2D eigenvalue weighted by atomic mass is 16.5. The molecule has 0 amide bonds. The number of anilines is 2. The fourth-order valence-electron chi connectivity index (χ4n) is 2.65. The zero-order valence-electron chi connectivity index (χ0n) is 11.3. The predicted molar refractivity (Wildman–Crippen MR) is 77.6 cm³/mol. The van der Waals surface area contributed by atoms with Crippen LogP contribution in [0.25, 0.3) is 0 Å². The van der Waals surface area contributed by atoms with Gasteiger partial charge in [0.05, 0.1) is 0 Å². The minimum Gasteiger partial charge on any atom is -0.508 e. The lowest BCUT2D eigenvalue weighted by molar-refractivity contribution is 0.0935. The van der Waals surface area contributed by atoms with Crippen molar-refractivity contribution < 1.29 is 9.84 Å². The Morgan fingerprint density at radius 2 is 2.20 bits per heavy atom. The third-order valence-corrected chi connectivity index (χ3v) is 3.59. The maximum Gasteiger partial charge on any atom is 0.157 e. The van der Waals surface area contributed by atoms with Gasteiger partial charge in [-0.05, 0) is 30.2 Å².